The number of hydrogen-bond acceptors (Lipinski definition) is 6. The molecule has 1 amide bonds. The Balaban J connectivity index is 1.74. The van der Waals surface area contributed by atoms with Crippen LogP contribution >= 0.6 is 0 Å². The molecule has 1 aromatic heterocycles. The highest BCUT2D eigenvalue weighted by Gasteiger charge is 2.25. The Bertz CT molecular complexity index is 1210. The predicted molar refractivity (Wildman–Crippen MR) is 107 cm³/mol. The van der Waals surface area contributed by atoms with E-state index < -0.39 is 22.2 Å². The smallest absolute Gasteiger partial charge is 0.414 e. The van der Waals surface area contributed by atoms with Crippen molar-refractivity contribution >= 4 is 50.0 Å². The van der Waals surface area contributed by atoms with Crippen molar-refractivity contribution in [3.63, 3.8) is 0 Å². The lowest BCUT2D eigenvalue weighted by molar-refractivity contribution is -0.110. The third-order valence-corrected chi connectivity index (χ3v) is 6.42. The summed E-state index contributed by atoms with van der Waals surface area (Å²) in [6.07, 6.45) is 0.193. The largest absolute Gasteiger partial charge is 0.456 e. The first-order valence-electron chi connectivity index (χ1n) is 9.18. The molecule has 0 spiro atoms. The molecule has 1 saturated heterocycles. The first kappa shape index (κ1) is 19.4. The number of ether oxygens (including phenoxy) is 1. The van der Waals surface area contributed by atoms with Crippen LogP contribution in [-0.4, -0.2) is 40.0 Å². The minimum absolute atomic E-state index is 0.0138. The fourth-order valence-electron chi connectivity index (χ4n) is 3.28. The van der Waals surface area contributed by atoms with Crippen molar-refractivity contribution in [3.05, 3.63) is 36.4 Å². The van der Waals surface area contributed by atoms with E-state index in [1.807, 2.05) is 6.07 Å². The van der Waals surface area contributed by atoms with Gasteiger partial charge in [-0.2, -0.15) is 0 Å². The minimum atomic E-state index is -3.88. The zero-order valence-corrected chi connectivity index (χ0v) is 16.7. The van der Waals surface area contributed by atoms with Crippen molar-refractivity contribution in [1.82, 2.24) is 4.72 Å². The monoisotopic (exact) mass is 416 g/mol. The van der Waals surface area contributed by atoms with E-state index in [9.17, 15) is 18.0 Å². The third-order valence-electron chi connectivity index (χ3n) is 4.97. The number of hydrogen-bond donors (Lipinski definition) is 1. The van der Waals surface area contributed by atoms with E-state index in [4.69, 9.17) is 9.15 Å². The van der Waals surface area contributed by atoms with E-state index in [2.05, 4.69) is 4.72 Å². The Labute approximate surface area is 167 Å². The normalized spacial score (nSPS) is 16.0. The third kappa shape index (κ3) is 3.47. The lowest BCUT2D eigenvalue weighted by Gasteiger charge is -2.16. The summed E-state index contributed by atoms with van der Waals surface area (Å²) in [6, 6.07) is 9.07. The molecule has 0 unspecified atom stereocenters. The summed E-state index contributed by atoms with van der Waals surface area (Å²) in [5.41, 5.74) is 1.66. The molecular weight excluding hydrogens is 396 g/mol. The molecule has 1 fully saturated rings. The molecule has 3 aromatic rings. The Kier molecular flexibility index (Phi) is 4.79. The number of rotatable bonds is 6. The zero-order chi connectivity index (χ0) is 20.8. The maximum atomic E-state index is 12.7. The van der Waals surface area contributed by atoms with E-state index in [0.29, 0.717) is 36.3 Å². The number of amides is 1. The Hall–Kier alpha value is -2.91. The number of carbonyl (C=O) groups excluding carboxylic acids is 2. The van der Waals surface area contributed by atoms with Crippen LogP contribution in [0.5, 0.6) is 0 Å². The lowest BCUT2D eigenvalue weighted by Crippen LogP contribution is -2.39. The van der Waals surface area contributed by atoms with E-state index in [0.717, 1.165) is 10.8 Å². The molecule has 8 nitrogen and oxygen atoms in total. The molecule has 29 heavy (non-hydrogen) atoms. The van der Waals surface area contributed by atoms with Gasteiger partial charge >= 0.3 is 6.09 Å². The summed E-state index contributed by atoms with van der Waals surface area (Å²) in [6.45, 7) is 4.34. The van der Waals surface area contributed by atoms with Crippen LogP contribution in [0.2, 0.25) is 0 Å². The number of benzene rings is 2. The van der Waals surface area contributed by atoms with Crippen LogP contribution in [-0.2, 0) is 19.6 Å². The molecule has 0 radical (unpaired) electrons. The summed E-state index contributed by atoms with van der Waals surface area (Å²) >= 11 is 0. The molecule has 0 saturated carbocycles. The highest BCUT2D eigenvalue weighted by molar-refractivity contribution is 7.89. The predicted octanol–water partition coefficient (Wildman–Crippen LogP) is 3.04. The second-order valence-electron chi connectivity index (χ2n) is 7.23. The van der Waals surface area contributed by atoms with Crippen molar-refractivity contribution in [2.75, 3.05) is 18.1 Å². The summed E-state index contributed by atoms with van der Waals surface area (Å²) in [4.78, 5) is 24.5. The van der Waals surface area contributed by atoms with Gasteiger partial charge in [0.05, 0.1) is 17.5 Å². The fourth-order valence-corrected chi connectivity index (χ4v) is 4.61. The van der Waals surface area contributed by atoms with Crippen molar-refractivity contribution < 1.29 is 27.2 Å². The molecule has 1 atom stereocenters. The zero-order valence-electron chi connectivity index (χ0n) is 15.9. The summed E-state index contributed by atoms with van der Waals surface area (Å²) < 4.78 is 38.5. The van der Waals surface area contributed by atoms with Crippen molar-refractivity contribution in [2.45, 2.75) is 24.8 Å². The van der Waals surface area contributed by atoms with Crippen LogP contribution in [0.3, 0.4) is 0 Å². The van der Waals surface area contributed by atoms with Gasteiger partial charge in [-0.15, -0.1) is 0 Å². The molecule has 4 rings (SSSR count). The maximum Gasteiger partial charge on any atom is 0.414 e. The van der Waals surface area contributed by atoms with Gasteiger partial charge in [0.15, 0.2) is 0 Å². The number of nitrogens with zero attached hydrogens (tertiary/aromatic N) is 1. The van der Waals surface area contributed by atoms with Gasteiger partial charge in [-0.25, -0.2) is 17.9 Å². The molecule has 0 aliphatic carbocycles. The number of aldehydes is 1. The van der Waals surface area contributed by atoms with Gasteiger partial charge in [0.25, 0.3) is 0 Å². The molecule has 9 heteroatoms. The van der Waals surface area contributed by atoms with E-state index in [1.165, 1.54) is 17.0 Å². The van der Waals surface area contributed by atoms with Gasteiger partial charge in [0.2, 0.25) is 10.0 Å². The number of anilines is 1. The summed E-state index contributed by atoms with van der Waals surface area (Å²) in [5, 5.41) is 1.49. The first-order valence-corrected chi connectivity index (χ1v) is 10.7. The SMILES string of the molecule is CC(C)[C@@H](C=O)NS(=O)(=O)c1ccc2c(c1)oc1ccc(N3CCOC3=O)cc12. The van der Waals surface area contributed by atoms with Crippen molar-refractivity contribution in [3.8, 4) is 0 Å². The molecule has 0 bridgehead atoms. The van der Waals surface area contributed by atoms with Gasteiger partial charge < -0.3 is 13.9 Å². The van der Waals surface area contributed by atoms with Gasteiger partial charge in [-0.1, -0.05) is 13.8 Å². The van der Waals surface area contributed by atoms with Crippen LogP contribution in [0.1, 0.15) is 13.8 Å². The quantitative estimate of drug-likeness (QED) is 0.619. The fraction of sp³-hybridized carbons (Fsp3) is 0.300. The Morgan fingerprint density at radius 2 is 1.90 bits per heavy atom. The van der Waals surface area contributed by atoms with Crippen molar-refractivity contribution in [2.24, 2.45) is 5.92 Å². The topological polar surface area (TPSA) is 106 Å². The van der Waals surface area contributed by atoms with Crippen LogP contribution in [0, 0.1) is 5.92 Å². The summed E-state index contributed by atoms with van der Waals surface area (Å²) in [7, 11) is -3.88. The number of cyclic esters (lactones) is 1. The first-order chi connectivity index (χ1) is 13.8. The Morgan fingerprint density at radius 3 is 2.55 bits per heavy atom. The van der Waals surface area contributed by atoms with E-state index >= 15 is 0 Å². The number of nitrogens with one attached hydrogen (secondary N) is 1. The Morgan fingerprint density at radius 1 is 1.10 bits per heavy atom. The standard InChI is InChI=1S/C20H20N2O6S/c1-12(2)17(11-23)21-29(25,26)14-4-5-15-16-9-13(22-7-8-27-20(22)24)3-6-18(16)28-19(15)10-14/h3-6,9-12,17,21H,7-8H2,1-2H3/t17-/m1/s1. The summed E-state index contributed by atoms with van der Waals surface area (Å²) in [5.74, 6) is -0.173. The van der Waals surface area contributed by atoms with Gasteiger partial charge in [-0.3, -0.25) is 4.90 Å². The number of furan rings is 1. The van der Waals surface area contributed by atoms with Crippen LogP contribution in [0.25, 0.3) is 21.9 Å². The van der Waals surface area contributed by atoms with Crippen molar-refractivity contribution in [1.29, 1.82) is 0 Å². The van der Waals surface area contributed by atoms with Gasteiger partial charge in [0, 0.05) is 22.5 Å². The molecule has 1 aliphatic heterocycles. The molecule has 1 N–H and O–H groups in total. The lowest BCUT2D eigenvalue weighted by atomic mass is 10.1. The second-order valence-corrected chi connectivity index (χ2v) is 8.95. The van der Waals surface area contributed by atoms with Gasteiger partial charge in [0.1, 0.15) is 24.1 Å². The molecular formula is C20H20N2O6S. The highest BCUT2D eigenvalue weighted by Crippen LogP contribution is 2.33. The molecule has 2 aromatic carbocycles. The number of sulfonamides is 1. The van der Waals surface area contributed by atoms with E-state index in [1.54, 1.807) is 32.0 Å². The highest BCUT2D eigenvalue weighted by atomic mass is 32.2. The second kappa shape index (κ2) is 7.16. The van der Waals surface area contributed by atoms with Crippen LogP contribution < -0.4 is 9.62 Å². The molecule has 2 heterocycles. The van der Waals surface area contributed by atoms with Crippen LogP contribution in [0.15, 0.2) is 45.7 Å². The number of carbonyl (C=O) groups is 2. The molecule has 152 valence electrons. The molecule has 1 aliphatic rings. The average molecular weight is 416 g/mol. The maximum absolute atomic E-state index is 12.7. The van der Waals surface area contributed by atoms with E-state index in [-0.39, 0.29) is 10.8 Å². The number of fused-ring (bicyclic) bond motifs is 3. The van der Waals surface area contributed by atoms with Crippen LogP contribution in [0.4, 0.5) is 10.5 Å². The van der Waals surface area contributed by atoms with Gasteiger partial charge in [-0.05, 0) is 36.2 Å². The minimum Gasteiger partial charge on any atom is -0.456 e. The average Bonchev–Trinajstić information content (AvgIpc) is 3.27.